The number of halogens is 3. The van der Waals surface area contributed by atoms with Gasteiger partial charge in [0.2, 0.25) is 11.8 Å². The molecule has 148 valence electrons. The lowest BCUT2D eigenvalue weighted by atomic mass is 9.90. The third-order valence-corrected chi connectivity index (χ3v) is 5.44. The minimum atomic E-state index is -4.53. The van der Waals surface area contributed by atoms with Crippen LogP contribution in [0.3, 0.4) is 0 Å². The van der Waals surface area contributed by atoms with Crippen LogP contribution in [0.2, 0.25) is 0 Å². The van der Waals surface area contributed by atoms with Crippen LogP contribution in [0.15, 0.2) is 18.2 Å². The molecule has 2 atom stereocenters. The summed E-state index contributed by atoms with van der Waals surface area (Å²) >= 11 is 0. The molecule has 2 amide bonds. The highest BCUT2D eigenvalue weighted by molar-refractivity contribution is 6.11. The molecule has 0 saturated carbocycles. The van der Waals surface area contributed by atoms with Crippen molar-refractivity contribution >= 4 is 23.2 Å². The minimum Gasteiger partial charge on any atom is -0.330 e. The number of fused-ring (bicyclic) bond motifs is 1. The van der Waals surface area contributed by atoms with E-state index in [1.807, 2.05) is 4.90 Å². The smallest absolute Gasteiger partial charge is 0.330 e. The predicted octanol–water partition coefficient (Wildman–Crippen LogP) is 2.05. The van der Waals surface area contributed by atoms with Gasteiger partial charge in [0, 0.05) is 6.54 Å². The average Bonchev–Trinajstić information content (AvgIpc) is 3.01. The Hall–Kier alpha value is -2.13. The van der Waals surface area contributed by atoms with Gasteiger partial charge in [-0.2, -0.15) is 13.2 Å². The lowest BCUT2D eigenvalue weighted by molar-refractivity contribution is -0.137. The topological polar surface area (TPSA) is 78.7 Å². The molecule has 1 aromatic rings. The third-order valence-electron chi connectivity index (χ3n) is 5.44. The summed E-state index contributed by atoms with van der Waals surface area (Å²) in [5.41, 5.74) is 5.15. The zero-order valence-electron chi connectivity index (χ0n) is 15.3. The average molecular weight is 384 g/mol. The first-order valence-electron chi connectivity index (χ1n) is 8.81. The molecule has 2 aliphatic heterocycles. The van der Waals surface area contributed by atoms with Crippen LogP contribution in [0.1, 0.15) is 25.8 Å². The van der Waals surface area contributed by atoms with Crippen LogP contribution in [0, 0.1) is 5.41 Å². The summed E-state index contributed by atoms with van der Waals surface area (Å²) in [5.74, 6) is -0.831. The number of nitrogens with one attached hydrogen (secondary N) is 1. The number of amides is 2. The van der Waals surface area contributed by atoms with Gasteiger partial charge in [0.1, 0.15) is 6.54 Å². The van der Waals surface area contributed by atoms with Gasteiger partial charge in [-0.05, 0) is 50.0 Å². The first kappa shape index (κ1) is 19.6. The van der Waals surface area contributed by atoms with Crippen molar-refractivity contribution < 1.29 is 22.8 Å². The summed E-state index contributed by atoms with van der Waals surface area (Å²) in [7, 11) is 0. The van der Waals surface area contributed by atoms with Gasteiger partial charge in [-0.3, -0.25) is 19.4 Å². The van der Waals surface area contributed by atoms with Gasteiger partial charge in [0.15, 0.2) is 0 Å². The fraction of sp³-hybridized carbons (Fsp3) is 0.556. The van der Waals surface area contributed by atoms with E-state index in [0.717, 1.165) is 18.6 Å². The molecule has 0 aromatic heterocycles. The molecule has 3 rings (SSSR count). The van der Waals surface area contributed by atoms with Gasteiger partial charge in [-0.1, -0.05) is 6.92 Å². The molecule has 6 nitrogen and oxygen atoms in total. The highest BCUT2D eigenvalue weighted by Gasteiger charge is 2.40. The molecule has 1 saturated heterocycles. The lowest BCUT2D eigenvalue weighted by Crippen LogP contribution is -2.51. The molecular formula is C18H23F3N4O2. The number of hydrogen-bond donors (Lipinski definition) is 2. The molecule has 0 aliphatic carbocycles. The fourth-order valence-electron chi connectivity index (χ4n) is 3.60. The maximum Gasteiger partial charge on any atom is 0.416 e. The van der Waals surface area contributed by atoms with Gasteiger partial charge in [-0.25, -0.2) is 0 Å². The van der Waals surface area contributed by atoms with Crippen molar-refractivity contribution in [2.24, 2.45) is 11.1 Å². The largest absolute Gasteiger partial charge is 0.416 e. The second-order valence-electron chi connectivity index (χ2n) is 7.61. The zero-order valence-corrected chi connectivity index (χ0v) is 15.3. The van der Waals surface area contributed by atoms with Gasteiger partial charge < -0.3 is 11.1 Å². The Labute approximate surface area is 155 Å². The van der Waals surface area contributed by atoms with E-state index in [2.05, 4.69) is 12.2 Å². The van der Waals surface area contributed by atoms with Crippen LogP contribution in [-0.2, 0) is 15.8 Å². The number of hydrogen-bond acceptors (Lipinski definition) is 4. The summed E-state index contributed by atoms with van der Waals surface area (Å²) in [5, 5.41) is 2.42. The molecule has 0 spiro atoms. The Morgan fingerprint density at radius 3 is 2.70 bits per heavy atom. The van der Waals surface area contributed by atoms with E-state index in [1.165, 1.54) is 11.0 Å². The van der Waals surface area contributed by atoms with E-state index in [0.29, 0.717) is 19.6 Å². The first-order valence-corrected chi connectivity index (χ1v) is 8.81. The number of rotatable bonds is 3. The summed E-state index contributed by atoms with van der Waals surface area (Å²) in [4.78, 5) is 28.3. The highest BCUT2D eigenvalue weighted by Crippen LogP contribution is 2.37. The van der Waals surface area contributed by atoms with Crippen LogP contribution in [-0.4, -0.2) is 48.9 Å². The number of nitrogens with two attached hydrogens (primary N) is 1. The van der Waals surface area contributed by atoms with Crippen LogP contribution in [0.25, 0.3) is 0 Å². The lowest BCUT2D eigenvalue weighted by Gasteiger charge is -2.34. The van der Waals surface area contributed by atoms with Gasteiger partial charge in [0.05, 0.1) is 23.0 Å². The molecule has 2 aliphatic rings. The molecule has 0 bridgehead atoms. The van der Waals surface area contributed by atoms with Crippen molar-refractivity contribution in [2.75, 3.05) is 36.4 Å². The number of likely N-dealkylation sites (tertiary alicyclic amines) is 1. The quantitative estimate of drug-likeness (QED) is 0.836. The van der Waals surface area contributed by atoms with E-state index in [-0.39, 0.29) is 29.2 Å². The summed E-state index contributed by atoms with van der Waals surface area (Å²) in [6.45, 7) is 5.48. The normalized spacial score (nSPS) is 24.5. The number of nitrogens with zero attached hydrogens (tertiary/aromatic N) is 2. The van der Waals surface area contributed by atoms with E-state index in [4.69, 9.17) is 5.73 Å². The van der Waals surface area contributed by atoms with E-state index < -0.39 is 23.7 Å². The van der Waals surface area contributed by atoms with Crippen LogP contribution in [0.4, 0.5) is 24.5 Å². The van der Waals surface area contributed by atoms with Crippen molar-refractivity contribution in [3.8, 4) is 0 Å². The second-order valence-corrected chi connectivity index (χ2v) is 7.61. The first-order chi connectivity index (χ1) is 12.5. The number of benzene rings is 1. The van der Waals surface area contributed by atoms with Gasteiger partial charge in [0.25, 0.3) is 0 Å². The van der Waals surface area contributed by atoms with Gasteiger partial charge >= 0.3 is 6.18 Å². The molecule has 0 radical (unpaired) electrons. The van der Waals surface area contributed by atoms with Crippen LogP contribution in [0.5, 0.6) is 0 Å². The van der Waals surface area contributed by atoms with Crippen molar-refractivity contribution in [1.82, 2.24) is 4.90 Å². The minimum absolute atomic E-state index is 0.00477. The Balaban J connectivity index is 1.85. The fourth-order valence-corrected chi connectivity index (χ4v) is 3.60. The van der Waals surface area contributed by atoms with E-state index in [1.54, 1.807) is 6.92 Å². The Kier molecular flexibility index (Phi) is 4.94. The number of carbonyl (C=O) groups excluding carboxylic acids is 2. The molecule has 3 N–H and O–H groups in total. The molecule has 9 heteroatoms. The van der Waals surface area contributed by atoms with E-state index >= 15 is 0 Å². The summed E-state index contributed by atoms with van der Waals surface area (Å²) < 4.78 is 38.8. The van der Waals surface area contributed by atoms with E-state index in [9.17, 15) is 22.8 Å². The maximum absolute atomic E-state index is 13.0. The van der Waals surface area contributed by atoms with Crippen molar-refractivity contribution in [3.63, 3.8) is 0 Å². The third kappa shape index (κ3) is 3.79. The number of anilines is 2. The van der Waals surface area contributed by atoms with Crippen LogP contribution < -0.4 is 16.0 Å². The molecule has 2 unspecified atom stereocenters. The molecular weight excluding hydrogens is 361 g/mol. The monoisotopic (exact) mass is 384 g/mol. The van der Waals surface area contributed by atoms with Gasteiger partial charge in [-0.15, -0.1) is 0 Å². The Bertz CT molecular complexity index is 767. The standard InChI is InChI=1S/C18H23F3N4O2/c1-11(24-6-5-17(2,9-22)10-24)16(27)25-8-15(26)23-13-7-12(18(19,20)21)3-4-14(13)25/h3-4,7,11H,5-6,8-10,22H2,1-2H3,(H,23,26). The molecule has 27 heavy (non-hydrogen) atoms. The number of alkyl halides is 3. The predicted molar refractivity (Wildman–Crippen MR) is 95.2 cm³/mol. The zero-order chi connectivity index (χ0) is 20.0. The van der Waals surface area contributed by atoms with Crippen LogP contribution >= 0.6 is 0 Å². The Morgan fingerprint density at radius 1 is 1.41 bits per heavy atom. The summed E-state index contributed by atoms with van der Waals surface area (Å²) in [6.07, 6.45) is -3.66. The SMILES string of the molecule is CC(C(=O)N1CC(=O)Nc2cc(C(F)(F)F)ccc21)N1CCC(C)(CN)C1. The molecule has 1 fully saturated rings. The van der Waals surface area contributed by atoms with Crippen molar-refractivity contribution in [3.05, 3.63) is 23.8 Å². The second kappa shape index (κ2) is 6.79. The Morgan fingerprint density at radius 2 is 2.11 bits per heavy atom. The van der Waals surface area contributed by atoms with Crippen molar-refractivity contribution in [2.45, 2.75) is 32.5 Å². The molecule has 2 heterocycles. The maximum atomic E-state index is 13.0. The number of carbonyl (C=O) groups is 2. The summed E-state index contributed by atoms with van der Waals surface area (Å²) in [6, 6.07) is 2.51. The van der Waals surface area contributed by atoms with Crippen molar-refractivity contribution in [1.29, 1.82) is 0 Å². The molecule has 1 aromatic carbocycles. The highest BCUT2D eigenvalue weighted by atomic mass is 19.4.